The molecule has 0 atom stereocenters. The van der Waals surface area contributed by atoms with Crippen molar-refractivity contribution in [3.8, 4) is 11.4 Å². The van der Waals surface area contributed by atoms with Gasteiger partial charge in [0.15, 0.2) is 10.3 Å². The number of amides is 1. The number of hydrogen-bond acceptors (Lipinski definition) is 6. The molecule has 2 aromatic heterocycles. The maximum absolute atomic E-state index is 12.4. The second-order valence-corrected chi connectivity index (χ2v) is 9.09. The fourth-order valence-corrected chi connectivity index (χ4v) is 5.23. The Morgan fingerprint density at radius 3 is 2.81 bits per heavy atom. The molecule has 32 heavy (non-hydrogen) atoms. The van der Waals surface area contributed by atoms with Crippen molar-refractivity contribution in [3.05, 3.63) is 77.1 Å². The van der Waals surface area contributed by atoms with Gasteiger partial charge in [-0.05, 0) is 43.2 Å². The number of carbonyl (C=O) groups is 1. The van der Waals surface area contributed by atoms with E-state index in [0.29, 0.717) is 22.3 Å². The highest BCUT2D eigenvalue weighted by Gasteiger charge is 2.21. The third-order valence-electron chi connectivity index (χ3n) is 4.95. The molecule has 6 nitrogen and oxygen atoms in total. The molecule has 0 aliphatic heterocycles. The summed E-state index contributed by atoms with van der Waals surface area (Å²) in [7, 11) is 1.60. The number of benzene rings is 2. The van der Waals surface area contributed by atoms with Gasteiger partial charge < -0.3 is 4.74 Å². The van der Waals surface area contributed by atoms with E-state index in [1.54, 1.807) is 23.8 Å². The fraction of sp³-hybridized carbons (Fsp3) is 0.208. The van der Waals surface area contributed by atoms with Gasteiger partial charge in [-0.2, -0.15) is 0 Å². The van der Waals surface area contributed by atoms with E-state index >= 15 is 0 Å². The van der Waals surface area contributed by atoms with E-state index in [1.807, 2.05) is 42.0 Å². The van der Waals surface area contributed by atoms with Crippen LogP contribution < -0.4 is 9.64 Å². The van der Waals surface area contributed by atoms with Crippen LogP contribution in [0.1, 0.15) is 23.7 Å². The van der Waals surface area contributed by atoms with Gasteiger partial charge in [0.05, 0.1) is 24.2 Å². The first-order valence-corrected chi connectivity index (χ1v) is 12.0. The molecule has 0 unspecified atom stereocenters. The quantitative estimate of drug-likeness (QED) is 0.317. The van der Waals surface area contributed by atoms with Crippen LogP contribution in [0.15, 0.2) is 65.4 Å². The Kier molecular flexibility index (Phi) is 6.62. The van der Waals surface area contributed by atoms with Crippen LogP contribution in [-0.4, -0.2) is 27.6 Å². The Balaban J connectivity index is 1.55. The smallest absolute Gasteiger partial charge is 0.230 e. The van der Waals surface area contributed by atoms with E-state index in [9.17, 15) is 4.79 Å². The Bertz CT molecular complexity index is 1250. The molecule has 4 aromatic rings. The number of ether oxygens (including phenoxy) is 1. The van der Waals surface area contributed by atoms with Gasteiger partial charge in [-0.1, -0.05) is 36.0 Å². The number of anilines is 2. The highest BCUT2D eigenvalue weighted by Crippen LogP contribution is 2.36. The predicted molar refractivity (Wildman–Crippen MR) is 131 cm³/mol. The zero-order valence-electron chi connectivity index (χ0n) is 18.4. The lowest BCUT2D eigenvalue weighted by Crippen LogP contribution is -2.23. The number of hydrogen-bond donors (Lipinski definition) is 0. The normalized spacial score (nSPS) is 10.9. The van der Waals surface area contributed by atoms with Gasteiger partial charge in [0.2, 0.25) is 5.91 Å². The zero-order chi connectivity index (χ0) is 22.7. The number of thiazole rings is 1. The van der Waals surface area contributed by atoms with Gasteiger partial charge in [0.25, 0.3) is 0 Å². The predicted octanol–water partition coefficient (Wildman–Crippen LogP) is 5.93. The summed E-state index contributed by atoms with van der Waals surface area (Å²) < 4.78 is 7.55. The number of para-hydroxylation sites is 2. The number of carbonyl (C=O) groups excluding carboxylic acids is 1. The van der Waals surface area contributed by atoms with Crippen molar-refractivity contribution in [2.75, 3.05) is 12.0 Å². The van der Waals surface area contributed by atoms with E-state index in [1.165, 1.54) is 29.4 Å². The van der Waals surface area contributed by atoms with Gasteiger partial charge in [0.1, 0.15) is 5.75 Å². The van der Waals surface area contributed by atoms with Gasteiger partial charge in [-0.15, -0.1) is 11.3 Å². The number of aromatic nitrogens is 3. The van der Waals surface area contributed by atoms with Gasteiger partial charge in [0, 0.05) is 30.5 Å². The zero-order valence-corrected chi connectivity index (χ0v) is 20.0. The average Bonchev–Trinajstić information content (AvgIpc) is 3.44. The summed E-state index contributed by atoms with van der Waals surface area (Å²) in [6.07, 6.45) is 3.80. The minimum Gasteiger partial charge on any atom is -0.495 e. The molecule has 0 spiro atoms. The Labute approximate surface area is 195 Å². The highest BCUT2D eigenvalue weighted by atomic mass is 32.2. The van der Waals surface area contributed by atoms with Crippen molar-refractivity contribution in [2.45, 2.75) is 31.7 Å². The minimum absolute atomic E-state index is 0.117. The number of thioether (sulfide) groups is 1. The first-order chi connectivity index (χ1) is 15.5. The molecular formula is C24H24N4O2S2. The molecular weight excluding hydrogens is 440 g/mol. The van der Waals surface area contributed by atoms with Gasteiger partial charge >= 0.3 is 0 Å². The molecule has 0 bridgehead atoms. The lowest BCUT2D eigenvalue weighted by atomic mass is 10.1. The third kappa shape index (κ3) is 4.56. The largest absolute Gasteiger partial charge is 0.495 e. The molecule has 0 aliphatic carbocycles. The van der Waals surface area contributed by atoms with E-state index < -0.39 is 0 Å². The van der Waals surface area contributed by atoms with Crippen LogP contribution in [0.4, 0.5) is 10.8 Å². The van der Waals surface area contributed by atoms with E-state index in [2.05, 4.69) is 41.6 Å². The average molecular weight is 465 g/mol. The second-order valence-electron chi connectivity index (χ2n) is 7.31. The van der Waals surface area contributed by atoms with Crippen LogP contribution in [0.2, 0.25) is 0 Å². The van der Waals surface area contributed by atoms with E-state index in [0.717, 1.165) is 16.5 Å². The van der Waals surface area contributed by atoms with Crippen molar-refractivity contribution < 1.29 is 9.53 Å². The lowest BCUT2D eigenvalue weighted by molar-refractivity contribution is -0.115. The summed E-state index contributed by atoms with van der Waals surface area (Å²) in [4.78, 5) is 23.3. The summed E-state index contributed by atoms with van der Waals surface area (Å²) >= 11 is 3.06. The molecule has 164 valence electrons. The standard InChI is InChI=1S/C24H24N4O2S2/c1-16-9-10-17(2)21(13-16)27-12-11-25-23(27)31-14-19-15-32-24(26-19)28(18(3)29)20-7-5-6-8-22(20)30-4/h5-13,15H,14H2,1-4H3. The number of rotatable bonds is 7. The summed E-state index contributed by atoms with van der Waals surface area (Å²) in [5, 5.41) is 3.51. The monoisotopic (exact) mass is 464 g/mol. The van der Waals surface area contributed by atoms with Crippen LogP contribution >= 0.6 is 23.1 Å². The van der Waals surface area contributed by atoms with Crippen LogP contribution in [-0.2, 0) is 10.5 Å². The topological polar surface area (TPSA) is 60.2 Å². The lowest BCUT2D eigenvalue weighted by Gasteiger charge is -2.20. The van der Waals surface area contributed by atoms with Crippen molar-refractivity contribution in [2.24, 2.45) is 0 Å². The van der Waals surface area contributed by atoms with Crippen molar-refractivity contribution >= 4 is 39.8 Å². The van der Waals surface area contributed by atoms with E-state index in [-0.39, 0.29) is 5.91 Å². The molecule has 2 heterocycles. The number of nitrogens with zero attached hydrogens (tertiary/aromatic N) is 4. The third-order valence-corrected chi connectivity index (χ3v) is 6.83. The molecule has 0 radical (unpaired) electrons. The molecule has 2 aromatic carbocycles. The molecule has 0 saturated carbocycles. The maximum Gasteiger partial charge on any atom is 0.230 e. The molecule has 8 heteroatoms. The Morgan fingerprint density at radius 1 is 1.22 bits per heavy atom. The number of methoxy groups -OCH3 is 1. The van der Waals surface area contributed by atoms with E-state index in [4.69, 9.17) is 9.72 Å². The summed E-state index contributed by atoms with van der Waals surface area (Å²) in [5.41, 5.74) is 5.11. The Hall–Kier alpha value is -3.10. The number of imidazole rings is 1. The molecule has 0 saturated heterocycles. The first kappa shape index (κ1) is 22.1. The molecule has 0 aliphatic rings. The summed E-state index contributed by atoms with van der Waals surface area (Å²) in [6.45, 7) is 5.72. The summed E-state index contributed by atoms with van der Waals surface area (Å²) in [5.74, 6) is 1.16. The van der Waals surface area contributed by atoms with Crippen molar-refractivity contribution in [1.29, 1.82) is 0 Å². The van der Waals surface area contributed by atoms with Gasteiger partial charge in [-0.25, -0.2) is 9.97 Å². The van der Waals surface area contributed by atoms with Crippen LogP contribution in [0.5, 0.6) is 5.75 Å². The molecule has 4 rings (SSSR count). The van der Waals surface area contributed by atoms with Crippen molar-refractivity contribution in [3.63, 3.8) is 0 Å². The second kappa shape index (κ2) is 9.58. The maximum atomic E-state index is 12.4. The minimum atomic E-state index is -0.117. The van der Waals surface area contributed by atoms with Crippen molar-refractivity contribution in [1.82, 2.24) is 14.5 Å². The molecule has 0 N–H and O–H groups in total. The highest BCUT2D eigenvalue weighted by molar-refractivity contribution is 7.98. The fourth-order valence-electron chi connectivity index (χ4n) is 3.38. The first-order valence-electron chi connectivity index (χ1n) is 10.1. The Morgan fingerprint density at radius 2 is 2.03 bits per heavy atom. The number of aryl methyl sites for hydroxylation is 2. The molecule has 0 fully saturated rings. The van der Waals surface area contributed by atoms with Crippen LogP contribution in [0.25, 0.3) is 5.69 Å². The molecule has 1 amide bonds. The summed E-state index contributed by atoms with van der Waals surface area (Å²) in [6, 6.07) is 13.9. The SMILES string of the molecule is COc1ccccc1N(C(C)=O)c1nc(CSc2nccn2-c2cc(C)ccc2C)cs1. The van der Waals surface area contributed by atoms with Gasteiger partial charge in [-0.3, -0.25) is 14.3 Å². The van der Waals surface area contributed by atoms with Crippen LogP contribution in [0.3, 0.4) is 0 Å². The van der Waals surface area contributed by atoms with Crippen LogP contribution in [0, 0.1) is 13.8 Å².